The topological polar surface area (TPSA) is 55.8 Å². The number of carbonyl (C=O) groups excluding carboxylic acids is 2. The lowest BCUT2D eigenvalue weighted by atomic mass is 10.0. The maximum atomic E-state index is 11.2. The van der Waals surface area contributed by atoms with E-state index in [1.807, 2.05) is 6.07 Å². The predicted molar refractivity (Wildman–Crippen MR) is 78.4 cm³/mol. The number of esters is 2. The second-order valence-corrected chi connectivity index (χ2v) is 5.45. The molecule has 21 heavy (non-hydrogen) atoms. The number of benzene rings is 1. The minimum Gasteiger partial charge on any atom is -0.423 e. The Morgan fingerprint density at radius 1 is 1.19 bits per heavy atom. The first kappa shape index (κ1) is 15.5. The van der Waals surface area contributed by atoms with Crippen LogP contribution in [0.3, 0.4) is 0 Å². The summed E-state index contributed by atoms with van der Waals surface area (Å²) in [5.74, 6) is -0.290. The van der Waals surface area contributed by atoms with E-state index < -0.39 is 11.9 Å². The van der Waals surface area contributed by atoms with E-state index in [1.54, 1.807) is 12.1 Å². The maximum absolute atomic E-state index is 11.2. The van der Waals surface area contributed by atoms with Gasteiger partial charge in [0.15, 0.2) is 11.5 Å². The molecule has 114 valence electrons. The van der Waals surface area contributed by atoms with E-state index >= 15 is 0 Å². The van der Waals surface area contributed by atoms with Crippen LogP contribution in [0, 0.1) is 0 Å². The average Bonchev–Trinajstić information content (AvgIpc) is 2.77. The molecule has 0 saturated carbocycles. The van der Waals surface area contributed by atoms with Crippen LogP contribution in [-0.2, 0) is 16.0 Å². The zero-order valence-electron chi connectivity index (χ0n) is 12.7. The molecule has 0 aromatic heterocycles. The molecular weight excluding hydrogens is 270 g/mol. The van der Waals surface area contributed by atoms with E-state index in [4.69, 9.17) is 9.47 Å². The number of rotatable bonds is 4. The number of likely N-dealkylation sites (tertiary alicyclic amines) is 1. The summed E-state index contributed by atoms with van der Waals surface area (Å²) in [4.78, 5) is 24.6. The van der Waals surface area contributed by atoms with Crippen molar-refractivity contribution in [3.8, 4) is 11.5 Å². The average molecular weight is 291 g/mol. The van der Waals surface area contributed by atoms with Crippen LogP contribution in [0.15, 0.2) is 18.2 Å². The number of hydrogen-bond donors (Lipinski definition) is 0. The van der Waals surface area contributed by atoms with Gasteiger partial charge in [0.2, 0.25) is 0 Å². The molecule has 5 nitrogen and oxygen atoms in total. The summed E-state index contributed by atoms with van der Waals surface area (Å²) in [5, 5.41) is 0. The second kappa shape index (κ2) is 6.72. The first-order valence-electron chi connectivity index (χ1n) is 7.15. The van der Waals surface area contributed by atoms with Gasteiger partial charge in [-0.15, -0.1) is 0 Å². The Hall–Kier alpha value is -1.88. The Bertz CT molecular complexity index is 541. The molecule has 0 N–H and O–H groups in total. The number of hydrogen-bond acceptors (Lipinski definition) is 5. The summed E-state index contributed by atoms with van der Waals surface area (Å²) in [5.41, 5.74) is 1.07. The van der Waals surface area contributed by atoms with E-state index in [0.29, 0.717) is 11.8 Å². The Morgan fingerprint density at radius 3 is 2.43 bits per heavy atom. The lowest BCUT2D eigenvalue weighted by Crippen LogP contribution is -2.26. The van der Waals surface area contributed by atoms with Crippen LogP contribution in [-0.4, -0.2) is 36.5 Å². The molecule has 1 aliphatic heterocycles. The van der Waals surface area contributed by atoms with Crippen LogP contribution in [0.2, 0.25) is 0 Å². The van der Waals surface area contributed by atoms with Gasteiger partial charge in [-0.05, 0) is 50.6 Å². The van der Waals surface area contributed by atoms with Crippen LogP contribution in [0.5, 0.6) is 11.5 Å². The third kappa shape index (κ3) is 4.29. The molecule has 0 bridgehead atoms. The highest BCUT2D eigenvalue weighted by molar-refractivity contribution is 5.73. The molecule has 0 radical (unpaired) electrons. The van der Waals surface area contributed by atoms with E-state index in [1.165, 1.54) is 26.7 Å². The van der Waals surface area contributed by atoms with Crippen molar-refractivity contribution in [3.05, 3.63) is 23.8 Å². The standard InChI is InChI=1S/C16H21NO4/c1-11(18)20-15-7-6-13(10-16(15)21-12(2)19)9-14-5-4-8-17(14)3/h6-7,10,14H,4-5,8-9H2,1-3H3. The van der Waals surface area contributed by atoms with Crippen molar-refractivity contribution in [2.75, 3.05) is 13.6 Å². The second-order valence-electron chi connectivity index (χ2n) is 5.45. The number of ether oxygens (including phenoxy) is 2. The SMILES string of the molecule is CC(=O)Oc1ccc(CC2CCCN2C)cc1OC(C)=O. The molecule has 1 saturated heterocycles. The van der Waals surface area contributed by atoms with Crippen molar-refractivity contribution in [3.63, 3.8) is 0 Å². The van der Waals surface area contributed by atoms with Crippen LogP contribution in [0.1, 0.15) is 32.3 Å². The van der Waals surface area contributed by atoms with Crippen molar-refractivity contribution >= 4 is 11.9 Å². The fourth-order valence-electron chi connectivity index (χ4n) is 2.66. The smallest absolute Gasteiger partial charge is 0.308 e. The summed E-state index contributed by atoms with van der Waals surface area (Å²) < 4.78 is 10.2. The molecule has 2 rings (SSSR count). The largest absolute Gasteiger partial charge is 0.423 e. The van der Waals surface area contributed by atoms with Gasteiger partial charge in [0, 0.05) is 19.9 Å². The molecule has 0 spiro atoms. The van der Waals surface area contributed by atoms with E-state index in [-0.39, 0.29) is 5.75 Å². The Balaban J connectivity index is 2.19. The highest BCUT2D eigenvalue weighted by atomic mass is 16.6. The molecule has 5 heteroatoms. The maximum Gasteiger partial charge on any atom is 0.308 e. The van der Waals surface area contributed by atoms with Gasteiger partial charge in [-0.1, -0.05) is 6.07 Å². The highest BCUT2D eigenvalue weighted by Crippen LogP contribution is 2.30. The Kier molecular flexibility index (Phi) is 4.96. The number of carbonyl (C=O) groups is 2. The van der Waals surface area contributed by atoms with Crippen molar-refractivity contribution in [1.29, 1.82) is 0 Å². The molecular formula is C16H21NO4. The quantitative estimate of drug-likeness (QED) is 0.628. The van der Waals surface area contributed by atoms with E-state index in [2.05, 4.69) is 11.9 Å². The predicted octanol–water partition coefficient (Wildman–Crippen LogP) is 2.17. The first-order valence-corrected chi connectivity index (χ1v) is 7.15. The van der Waals surface area contributed by atoms with Crippen LogP contribution in [0.4, 0.5) is 0 Å². The summed E-state index contributed by atoms with van der Waals surface area (Å²) in [6.45, 7) is 3.76. The summed E-state index contributed by atoms with van der Waals surface area (Å²) in [6.07, 6.45) is 3.28. The molecule has 1 aromatic rings. The molecule has 1 heterocycles. The summed E-state index contributed by atoms with van der Waals surface area (Å²) in [7, 11) is 2.12. The lowest BCUT2D eigenvalue weighted by molar-refractivity contribution is -0.134. The lowest BCUT2D eigenvalue weighted by Gasteiger charge is -2.20. The minimum absolute atomic E-state index is 0.279. The van der Waals surface area contributed by atoms with Crippen molar-refractivity contribution in [2.45, 2.75) is 39.2 Å². The van der Waals surface area contributed by atoms with Gasteiger partial charge in [-0.3, -0.25) is 9.59 Å². The number of nitrogens with zero attached hydrogens (tertiary/aromatic N) is 1. The highest BCUT2D eigenvalue weighted by Gasteiger charge is 2.21. The van der Waals surface area contributed by atoms with Crippen molar-refractivity contribution in [1.82, 2.24) is 4.90 Å². The molecule has 1 unspecified atom stereocenters. The van der Waals surface area contributed by atoms with E-state index in [0.717, 1.165) is 18.5 Å². The normalized spacial score (nSPS) is 18.5. The molecule has 0 aliphatic carbocycles. The molecule has 1 aliphatic rings. The van der Waals surface area contributed by atoms with Gasteiger partial charge in [0.05, 0.1) is 0 Å². The van der Waals surface area contributed by atoms with Crippen LogP contribution < -0.4 is 9.47 Å². The first-order chi connectivity index (χ1) is 9.95. The third-order valence-corrected chi connectivity index (χ3v) is 3.66. The van der Waals surface area contributed by atoms with Gasteiger partial charge >= 0.3 is 11.9 Å². The molecule has 0 amide bonds. The van der Waals surface area contributed by atoms with Gasteiger partial charge in [-0.2, -0.15) is 0 Å². The molecule has 1 atom stereocenters. The molecule has 1 aromatic carbocycles. The van der Waals surface area contributed by atoms with Crippen molar-refractivity contribution in [2.24, 2.45) is 0 Å². The van der Waals surface area contributed by atoms with Gasteiger partial charge in [-0.25, -0.2) is 0 Å². The van der Waals surface area contributed by atoms with Crippen LogP contribution in [0.25, 0.3) is 0 Å². The van der Waals surface area contributed by atoms with Gasteiger partial charge < -0.3 is 14.4 Å². The summed E-state index contributed by atoms with van der Waals surface area (Å²) >= 11 is 0. The Labute approximate surface area is 124 Å². The Morgan fingerprint density at radius 2 is 1.86 bits per heavy atom. The fourth-order valence-corrected chi connectivity index (χ4v) is 2.66. The van der Waals surface area contributed by atoms with Crippen molar-refractivity contribution < 1.29 is 19.1 Å². The third-order valence-electron chi connectivity index (χ3n) is 3.66. The monoisotopic (exact) mass is 291 g/mol. The van der Waals surface area contributed by atoms with Crippen LogP contribution >= 0.6 is 0 Å². The fraction of sp³-hybridized carbons (Fsp3) is 0.500. The zero-order chi connectivity index (χ0) is 15.4. The van der Waals surface area contributed by atoms with E-state index in [9.17, 15) is 9.59 Å². The zero-order valence-corrected chi connectivity index (χ0v) is 12.7. The minimum atomic E-state index is -0.438. The summed E-state index contributed by atoms with van der Waals surface area (Å²) in [6, 6.07) is 5.89. The molecule has 1 fully saturated rings. The van der Waals surface area contributed by atoms with Gasteiger partial charge in [0.25, 0.3) is 0 Å². The van der Waals surface area contributed by atoms with Gasteiger partial charge in [0.1, 0.15) is 0 Å². The number of likely N-dealkylation sites (N-methyl/N-ethyl adjacent to an activating group) is 1.